The topological polar surface area (TPSA) is 63.6 Å². The van der Waals surface area contributed by atoms with Gasteiger partial charge in [-0.1, -0.05) is 26.8 Å². The first-order valence-corrected chi connectivity index (χ1v) is 11.4. The zero-order chi connectivity index (χ0) is 21.2. The van der Waals surface area contributed by atoms with Crippen LogP contribution in [-0.2, 0) is 16.0 Å². The van der Waals surface area contributed by atoms with Crippen molar-refractivity contribution in [2.75, 3.05) is 7.11 Å². The van der Waals surface area contributed by atoms with E-state index in [-0.39, 0.29) is 11.8 Å². The van der Waals surface area contributed by atoms with Gasteiger partial charge in [0.2, 0.25) is 0 Å². The zero-order valence-electron chi connectivity index (χ0n) is 18.4. The number of carbonyl (C=O) groups is 2. The van der Waals surface area contributed by atoms with Crippen molar-refractivity contribution >= 4 is 11.8 Å². The van der Waals surface area contributed by atoms with Crippen molar-refractivity contribution in [2.24, 2.45) is 23.2 Å². The lowest BCUT2D eigenvalue weighted by Gasteiger charge is -2.50. The molecule has 4 nitrogen and oxygen atoms in total. The summed E-state index contributed by atoms with van der Waals surface area (Å²) >= 11 is 0. The summed E-state index contributed by atoms with van der Waals surface area (Å²) in [6.45, 7) is 6.19. The van der Waals surface area contributed by atoms with Crippen molar-refractivity contribution in [2.45, 2.75) is 78.1 Å². The van der Waals surface area contributed by atoms with Gasteiger partial charge in [0.05, 0.1) is 7.11 Å². The van der Waals surface area contributed by atoms with Crippen molar-refractivity contribution < 1.29 is 19.4 Å². The maximum absolute atomic E-state index is 12.9. The third-order valence-corrected chi connectivity index (χ3v) is 7.74. The molecule has 2 saturated carbocycles. The van der Waals surface area contributed by atoms with E-state index in [0.29, 0.717) is 42.3 Å². The number of carboxylic acid groups (broad SMARTS) is 1. The Morgan fingerprint density at radius 1 is 1.28 bits per heavy atom. The first-order valence-electron chi connectivity index (χ1n) is 11.4. The van der Waals surface area contributed by atoms with Crippen LogP contribution in [0.4, 0.5) is 0 Å². The fourth-order valence-corrected chi connectivity index (χ4v) is 6.53. The van der Waals surface area contributed by atoms with E-state index in [1.54, 1.807) is 7.11 Å². The molecule has 0 heterocycles. The number of ketones is 1. The van der Waals surface area contributed by atoms with E-state index in [1.807, 2.05) is 13.8 Å². The van der Waals surface area contributed by atoms with Gasteiger partial charge in [-0.15, -0.1) is 0 Å². The highest BCUT2D eigenvalue weighted by molar-refractivity contribution is 5.87. The van der Waals surface area contributed by atoms with Gasteiger partial charge in [-0.2, -0.15) is 0 Å². The average molecular weight is 401 g/mol. The van der Waals surface area contributed by atoms with Gasteiger partial charge < -0.3 is 9.84 Å². The number of Topliss-reactive ketones (excluding diaryl/α,β-unsaturated/α-hetero) is 1. The molecule has 1 aromatic carbocycles. The fraction of sp³-hybridized carbons (Fsp3) is 0.680. The van der Waals surface area contributed by atoms with Crippen LogP contribution < -0.4 is 4.74 Å². The van der Waals surface area contributed by atoms with Crippen LogP contribution in [0.15, 0.2) is 18.2 Å². The number of carboxylic acids is 1. The second-order valence-corrected chi connectivity index (χ2v) is 9.03. The maximum atomic E-state index is 12.9. The van der Waals surface area contributed by atoms with Crippen LogP contribution in [0.25, 0.3) is 0 Å². The minimum atomic E-state index is -0.732. The largest absolute Gasteiger partial charge is 0.497 e. The predicted molar refractivity (Wildman–Crippen MR) is 114 cm³/mol. The number of benzene rings is 1. The van der Waals surface area contributed by atoms with Crippen LogP contribution in [0.1, 0.15) is 82.8 Å². The summed E-state index contributed by atoms with van der Waals surface area (Å²) in [6, 6.07) is 6.49. The number of hydrogen-bond acceptors (Lipinski definition) is 3. The Kier molecular flexibility index (Phi) is 6.70. The van der Waals surface area contributed by atoms with Gasteiger partial charge in [-0.3, -0.25) is 9.59 Å². The molecule has 0 aromatic heterocycles. The summed E-state index contributed by atoms with van der Waals surface area (Å²) in [5, 5.41) is 8.98. The van der Waals surface area contributed by atoms with Gasteiger partial charge in [0.1, 0.15) is 11.5 Å². The van der Waals surface area contributed by atoms with Crippen LogP contribution in [0.2, 0.25) is 0 Å². The standard InChI is InChI=1S/C23H30O4.C2H6/c1-23-11-10-18-17-9-7-16(27-2)12-14(17)6-8-19(18)22(23)15(13-20(23)24)4-3-5-21(25)26;1-2/h7,9,12,15,18-19,22H,3-6,8,10-11,13H2,1-2H3,(H,25,26);1-2H3/t15?,18-,19?,22+,23?;/m1./s1. The van der Waals surface area contributed by atoms with Gasteiger partial charge in [0, 0.05) is 18.3 Å². The van der Waals surface area contributed by atoms with Crippen LogP contribution in [0.3, 0.4) is 0 Å². The van der Waals surface area contributed by atoms with Crippen LogP contribution >= 0.6 is 0 Å². The summed E-state index contributed by atoms with van der Waals surface area (Å²) in [7, 11) is 1.71. The lowest BCUT2D eigenvalue weighted by atomic mass is 9.54. The molecule has 0 amide bonds. The molecule has 3 aliphatic rings. The molecule has 29 heavy (non-hydrogen) atoms. The molecule has 3 aliphatic carbocycles. The van der Waals surface area contributed by atoms with Crippen molar-refractivity contribution in [3.05, 3.63) is 29.3 Å². The summed E-state index contributed by atoms with van der Waals surface area (Å²) in [5.41, 5.74) is 2.67. The second-order valence-electron chi connectivity index (χ2n) is 9.03. The van der Waals surface area contributed by atoms with E-state index in [1.165, 1.54) is 11.1 Å². The monoisotopic (exact) mass is 400 g/mol. The number of aliphatic carboxylic acids is 1. The van der Waals surface area contributed by atoms with Crippen molar-refractivity contribution in [3.63, 3.8) is 0 Å². The molecule has 0 saturated heterocycles. The molecule has 0 spiro atoms. The Labute approximate surface area is 175 Å². The Morgan fingerprint density at radius 3 is 2.72 bits per heavy atom. The van der Waals surface area contributed by atoms with Crippen molar-refractivity contribution in [1.82, 2.24) is 0 Å². The summed E-state index contributed by atoms with van der Waals surface area (Å²) in [5.74, 6) is 2.46. The number of rotatable bonds is 5. The number of aryl methyl sites for hydroxylation is 1. The molecule has 1 N–H and O–H groups in total. The van der Waals surface area contributed by atoms with Crippen LogP contribution in [0.5, 0.6) is 5.75 Å². The van der Waals surface area contributed by atoms with Gasteiger partial charge in [-0.05, 0) is 85.5 Å². The maximum Gasteiger partial charge on any atom is 0.303 e. The molecule has 3 unspecified atom stereocenters. The van der Waals surface area contributed by atoms with E-state index in [2.05, 4.69) is 25.1 Å². The van der Waals surface area contributed by atoms with Gasteiger partial charge >= 0.3 is 5.97 Å². The van der Waals surface area contributed by atoms with E-state index in [4.69, 9.17) is 9.84 Å². The lowest BCUT2D eigenvalue weighted by Crippen LogP contribution is -2.44. The predicted octanol–water partition coefficient (Wildman–Crippen LogP) is 5.63. The molecule has 2 fully saturated rings. The summed E-state index contributed by atoms with van der Waals surface area (Å²) < 4.78 is 5.40. The first-order chi connectivity index (χ1) is 13.9. The molecule has 0 radical (unpaired) electrons. The number of hydrogen-bond donors (Lipinski definition) is 1. The van der Waals surface area contributed by atoms with Crippen molar-refractivity contribution in [1.29, 1.82) is 0 Å². The second kappa shape index (κ2) is 8.89. The number of fused-ring (bicyclic) bond motifs is 5. The zero-order valence-corrected chi connectivity index (χ0v) is 18.4. The van der Waals surface area contributed by atoms with Crippen LogP contribution in [0, 0.1) is 23.2 Å². The molecule has 0 bridgehead atoms. The number of methoxy groups -OCH3 is 1. The summed E-state index contributed by atoms with van der Waals surface area (Å²) in [4.78, 5) is 23.8. The van der Waals surface area contributed by atoms with Gasteiger partial charge in [0.15, 0.2) is 0 Å². The molecular weight excluding hydrogens is 364 g/mol. The molecule has 0 aliphatic heterocycles. The molecular formula is C25H36O4. The third-order valence-electron chi connectivity index (χ3n) is 7.74. The smallest absolute Gasteiger partial charge is 0.303 e. The fourth-order valence-electron chi connectivity index (χ4n) is 6.53. The molecule has 5 atom stereocenters. The molecule has 160 valence electrons. The Morgan fingerprint density at radius 2 is 2.03 bits per heavy atom. The first kappa shape index (κ1) is 21.9. The minimum absolute atomic E-state index is 0.195. The normalized spacial score (nSPS) is 32.3. The van der Waals surface area contributed by atoms with Gasteiger partial charge in [0.25, 0.3) is 0 Å². The molecule has 1 aromatic rings. The Bertz CT molecular complexity index is 755. The highest BCUT2D eigenvalue weighted by Gasteiger charge is 2.58. The number of ether oxygens (including phenoxy) is 1. The van der Waals surface area contributed by atoms with E-state index in [9.17, 15) is 9.59 Å². The van der Waals surface area contributed by atoms with E-state index >= 15 is 0 Å². The molecule has 4 heteroatoms. The lowest BCUT2D eigenvalue weighted by molar-refractivity contribution is -0.137. The molecule has 4 rings (SSSR count). The van der Waals surface area contributed by atoms with Crippen molar-refractivity contribution in [3.8, 4) is 5.75 Å². The summed E-state index contributed by atoms with van der Waals surface area (Å²) in [6.07, 6.45) is 6.67. The Balaban J connectivity index is 0.00000117. The van der Waals surface area contributed by atoms with Crippen LogP contribution in [-0.4, -0.2) is 24.0 Å². The quantitative estimate of drug-likeness (QED) is 0.696. The number of carbonyl (C=O) groups excluding carboxylic acids is 1. The van der Waals surface area contributed by atoms with Gasteiger partial charge in [-0.25, -0.2) is 0 Å². The Hall–Kier alpha value is -1.84. The van der Waals surface area contributed by atoms with E-state index < -0.39 is 5.97 Å². The third kappa shape index (κ3) is 3.95. The average Bonchev–Trinajstić information content (AvgIpc) is 2.98. The minimum Gasteiger partial charge on any atom is -0.497 e. The highest BCUT2D eigenvalue weighted by Crippen LogP contribution is 2.62. The van der Waals surface area contributed by atoms with E-state index in [0.717, 1.165) is 37.9 Å². The highest BCUT2D eigenvalue weighted by atomic mass is 16.5. The SMILES string of the molecule is CC.COc1ccc2c(c1)CCC1[C@@H]3C(CCCC(=O)O)CC(=O)C3(C)CC[C@H]21.